The lowest BCUT2D eigenvalue weighted by molar-refractivity contribution is -0.130. The number of hydrogen-bond donors (Lipinski definition) is 1. The fourth-order valence-corrected chi connectivity index (χ4v) is 3.72. The summed E-state index contributed by atoms with van der Waals surface area (Å²) in [6, 6.07) is 22.8. The molecule has 2 heterocycles. The first kappa shape index (κ1) is 20.6. The van der Waals surface area contributed by atoms with Crippen LogP contribution >= 0.6 is 0 Å². The van der Waals surface area contributed by atoms with Crippen LogP contribution in [0.3, 0.4) is 0 Å². The number of carbonyl (C=O) groups is 2. The van der Waals surface area contributed by atoms with Crippen molar-refractivity contribution in [3.05, 3.63) is 90.1 Å². The molecule has 1 fully saturated rings. The van der Waals surface area contributed by atoms with Crippen LogP contribution < -0.4 is 10.2 Å². The molecule has 6 nitrogen and oxygen atoms in total. The van der Waals surface area contributed by atoms with Crippen molar-refractivity contribution in [2.75, 3.05) is 36.4 Å². The molecule has 0 aliphatic carbocycles. The molecule has 0 radical (unpaired) electrons. The van der Waals surface area contributed by atoms with Gasteiger partial charge in [-0.2, -0.15) is 0 Å². The van der Waals surface area contributed by atoms with Crippen LogP contribution in [-0.4, -0.2) is 47.9 Å². The molecule has 0 bridgehead atoms. The van der Waals surface area contributed by atoms with Crippen molar-refractivity contribution in [1.82, 2.24) is 9.88 Å². The summed E-state index contributed by atoms with van der Waals surface area (Å²) < 4.78 is 0. The van der Waals surface area contributed by atoms with Gasteiger partial charge < -0.3 is 15.1 Å². The van der Waals surface area contributed by atoms with E-state index in [2.05, 4.69) is 15.2 Å². The number of anilines is 2. The summed E-state index contributed by atoms with van der Waals surface area (Å²) in [6.45, 7) is 3.02. The van der Waals surface area contributed by atoms with Crippen LogP contribution in [0.4, 0.5) is 11.5 Å². The standard InChI is InChI=1S/C25H26N4O2/c30-24(18-20-8-3-1-4-9-20)29-15-7-14-28(16-17-29)23-13-12-22(19-26-23)27-25(31)21-10-5-2-6-11-21/h1-6,8-13,19H,7,14-18H2,(H,27,31). The highest BCUT2D eigenvalue weighted by atomic mass is 16.2. The van der Waals surface area contributed by atoms with Crippen molar-refractivity contribution in [2.24, 2.45) is 0 Å². The Hall–Kier alpha value is -3.67. The van der Waals surface area contributed by atoms with E-state index in [1.54, 1.807) is 18.3 Å². The smallest absolute Gasteiger partial charge is 0.255 e. The first-order valence-electron chi connectivity index (χ1n) is 10.6. The fourth-order valence-electron chi connectivity index (χ4n) is 3.72. The Morgan fingerprint density at radius 2 is 1.58 bits per heavy atom. The second kappa shape index (κ2) is 9.89. The SMILES string of the molecule is O=C(Nc1ccc(N2CCCN(C(=O)Cc3ccccc3)CC2)nc1)c1ccccc1. The Labute approximate surface area is 182 Å². The Morgan fingerprint density at radius 1 is 0.839 bits per heavy atom. The zero-order valence-electron chi connectivity index (χ0n) is 17.4. The Kier molecular flexibility index (Phi) is 6.57. The maximum atomic E-state index is 12.7. The molecule has 4 rings (SSSR count). The number of aromatic nitrogens is 1. The van der Waals surface area contributed by atoms with E-state index in [1.807, 2.05) is 65.6 Å². The number of hydrogen-bond acceptors (Lipinski definition) is 4. The molecule has 3 aromatic rings. The molecule has 1 aromatic heterocycles. The highest BCUT2D eigenvalue weighted by Gasteiger charge is 2.20. The zero-order chi connectivity index (χ0) is 21.5. The van der Waals surface area contributed by atoms with E-state index in [0.717, 1.165) is 37.4 Å². The lowest BCUT2D eigenvalue weighted by atomic mass is 10.1. The second-order valence-corrected chi connectivity index (χ2v) is 7.61. The molecule has 0 saturated carbocycles. The topological polar surface area (TPSA) is 65.5 Å². The summed E-state index contributed by atoms with van der Waals surface area (Å²) >= 11 is 0. The molecule has 6 heteroatoms. The first-order chi connectivity index (χ1) is 15.2. The van der Waals surface area contributed by atoms with Crippen molar-refractivity contribution in [3.63, 3.8) is 0 Å². The van der Waals surface area contributed by atoms with Gasteiger partial charge in [-0.3, -0.25) is 9.59 Å². The predicted molar refractivity (Wildman–Crippen MR) is 122 cm³/mol. The number of nitrogens with zero attached hydrogens (tertiary/aromatic N) is 3. The molecule has 0 unspecified atom stereocenters. The largest absolute Gasteiger partial charge is 0.355 e. The number of amides is 2. The molecule has 0 atom stereocenters. The summed E-state index contributed by atoms with van der Waals surface area (Å²) in [4.78, 5) is 33.6. The average Bonchev–Trinajstić information content (AvgIpc) is 3.07. The van der Waals surface area contributed by atoms with Gasteiger partial charge >= 0.3 is 0 Å². The van der Waals surface area contributed by atoms with E-state index in [4.69, 9.17) is 0 Å². The van der Waals surface area contributed by atoms with Gasteiger partial charge in [-0.1, -0.05) is 48.5 Å². The minimum atomic E-state index is -0.155. The van der Waals surface area contributed by atoms with Gasteiger partial charge in [-0.05, 0) is 36.2 Å². The summed E-state index contributed by atoms with van der Waals surface area (Å²) in [5, 5.41) is 2.87. The molecule has 1 N–H and O–H groups in total. The third-order valence-corrected chi connectivity index (χ3v) is 5.41. The lowest BCUT2D eigenvalue weighted by Crippen LogP contribution is -2.36. The molecule has 158 valence electrons. The van der Waals surface area contributed by atoms with Crippen molar-refractivity contribution >= 4 is 23.3 Å². The van der Waals surface area contributed by atoms with Crippen LogP contribution in [0.25, 0.3) is 0 Å². The van der Waals surface area contributed by atoms with Gasteiger partial charge in [0.15, 0.2) is 0 Å². The summed E-state index contributed by atoms with van der Waals surface area (Å²) in [7, 11) is 0. The number of nitrogens with one attached hydrogen (secondary N) is 1. The molecular weight excluding hydrogens is 388 g/mol. The highest BCUT2D eigenvalue weighted by molar-refractivity contribution is 6.04. The van der Waals surface area contributed by atoms with Gasteiger partial charge in [-0.15, -0.1) is 0 Å². The molecular formula is C25H26N4O2. The van der Waals surface area contributed by atoms with Gasteiger partial charge in [-0.25, -0.2) is 4.98 Å². The number of pyridine rings is 1. The molecule has 1 aliphatic heterocycles. The summed E-state index contributed by atoms with van der Waals surface area (Å²) in [6.07, 6.45) is 3.02. The normalized spacial score (nSPS) is 14.1. The molecule has 2 aromatic carbocycles. The van der Waals surface area contributed by atoms with Gasteiger partial charge in [0, 0.05) is 31.7 Å². The first-order valence-corrected chi connectivity index (χ1v) is 10.6. The maximum absolute atomic E-state index is 12.7. The van der Waals surface area contributed by atoms with Crippen molar-refractivity contribution < 1.29 is 9.59 Å². The van der Waals surface area contributed by atoms with Crippen LogP contribution in [-0.2, 0) is 11.2 Å². The van der Waals surface area contributed by atoms with Crippen molar-refractivity contribution in [2.45, 2.75) is 12.8 Å². The van der Waals surface area contributed by atoms with Gasteiger partial charge in [0.2, 0.25) is 5.91 Å². The molecule has 0 spiro atoms. The number of benzene rings is 2. The quantitative estimate of drug-likeness (QED) is 0.693. The predicted octanol–water partition coefficient (Wildman–Crippen LogP) is 3.62. The van der Waals surface area contributed by atoms with E-state index in [-0.39, 0.29) is 11.8 Å². The van der Waals surface area contributed by atoms with Crippen LogP contribution in [0.1, 0.15) is 22.3 Å². The monoisotopic (exact) mass is 414 g/mol. The fraction of sp³-hybridized carbons (Fsp3) is 0.240. The molecule has 2 amide bonds. The minimum Gasteiger partial charge on any atom is -0.355 e. The van der Waals surface area contributed by atoms with Crippen LogP contribution in [0.5, 0.6) is 0 Å². The molecule has 1 aliphatic rings. The third kappa shape index (κ3) is 5.48. The summed E-state index contributed by atoms with van der Waals surface area (Å²) in [5.74, 6) is 0.868. The number of rotatable bonds is 5. The van der Waals surface area contributed by atoms with Gasteiger partial charge in [0.05, 0.1) is 18.3 Å². The highest BCUT2D eigenvalue weighted by Crippen LogP contribution is 2.17. The van der Waals surface area contributed by atoms with Gasteiger partial charge in [0.25, 0.3) is 5.91 Å². The van der Waals surface area contributed by atoms with Gasteiger partial charge in [0.1, 0.15) is 5.82 Å². The van der Waals surface area contributed by atoms with Crippen molar-refractivity contribution in [3.8, 4) is 0 Å². The second-order valence-electron chi connectivity index (χ2n) is 7.61. The van der Waals surface area contributed by atoms with E-state index in [0.29, 0.717) is 24.2 Å². The van der Waals surface area contributed by atoms with Crippen LogP contribution in [0.15, 0.2) is 79.0 Å². The Morgan fingerprint density at radius 3 is 2.29 bits per heavy atom. The van der Waals surface area contributed by atoms with E-state index in [1.165, 1.54) is 0 Å². The van der Waals surface area contributed by atoms with Crippen LogP contribution in [0, 0.1) is 0 Å². The van der Waals surface area contributed by atoms with Crippen molar-refractivity contribution in [1.29, 1.82) is 0 Å². The Bertz CT molecular complexity index is 1010. The number of carbonyl (C=O) groups excluding carboxylic acids is 2. The average molecular weight is 415 g/mol. The van der Waals surface area contributed by atoms with E-state index in [9.17, 15) is 9.59 Å². The van der Waals surface area contributed by atoms with E-state index >= 15 is 0 Å². The lowest BCUT2D eigenvalue weighted by Gasteiger charge is -2.23. The molecule has 1 saturated heterocycles. The zero-order valence-corrected chi connectivity index (χ0v) is 17.4. The summed E-state index contributed by atoms with van der Waals surface area (Å²) in [5.41, 5.74) is 2.31. The van der Waals surface area contributed by atoms with Crippen LogP contribution in [0.2, 0.25) is 0 Å². The molecule has 31 heavy (non-hydrogen) atoms. The third-order valence-electron chi connectivity index (χ3n) is 5.41. The van der Waals surface area contributed by atoms with E-state index < -0.39 is 0 Å². The Balaban J connectivity index is 1.33. The maximum Gasteiger partial charge on any atom is 0.255 e. The minimum absolute atomic E-state index is 0.155.